The second kappa shape index (κ2) is 5.86. The number of allylic oxidation sites excluding steroid dienone is 8. The van der Waals surface area contributed by atoms with Crippen molar-refractivity contribution in [2.24, 2.45) is 17.3 Å². The van der Waals surface area contributed by atoms with E-state index in [0.717, 1.165) is 24.7 Å². The lowest BCUT2D eigenvalue weighted by atomic mass is 9.71. The van der Waals surface area contributed by atoms with Gasteiger partial charge < -0.3 is 5.32 Å². The molecule has 28 heavy (non-hydrogen) atoms. The Labute approximate surface area is 168 Å². The van der Waals surface area contributed by atoms with Gasteiger partial charge in [-0.15, -0.1) is 0 Å². The van der Waals surface area contributed by atoms with Crippen LogP contribution in [0.15, 0.2) is 76.9 Å². The van der Waals surface area contributed by atoms with Gasteiger partial charge in [0.1, 0.15) is 0 Å². The van der Waals surface area contributed by atoms with Crippen molar-refractivity contribution in [3.05, 3.63) is 82.5 Å². The minimum atomic E-state index is 0.116. The third-order valence-corrected chi connectivity index (χ3v) is 7.71. The Hall–Kier alpha value is -2.28. The quantitative estimate of drug-likeness (QED) is 0.495. The number of para-hydroxylation sites is 1. The van der Waals surface area contributed by atoms with Gasteiger partial charge in [-0.2, -0.15) is 0 Å². The first-order valence-electron chi connectivity index (χ1n) is 11.0. The molecule has 6 rings (SSSR count). The van der Waals surface area contributed by atoms with E-state index < -0.39 is 0 Å². The summed E-state index contributed by atoms with van der Waals surface area (Å²) in [6.45, 7) is 4.92. The summed E-state index contributed by atoms with van der Waals surface area (Å²) in [5.74, 6) is 1.51. The molecule has 0 radical (unpaired) electrons. The molecule has 1 heteroatoms. The van der Waals surface area contributed by atoms with Gasteiger partial charge in [-0.05, 0) is 66.7 Å². The summed E-state index contributed by atoms with van der Waals surface area (Å²) in [7, 11) is 0. The molecule has 1 heterocycles. The highest BCUT2D eigenvalue weighted by molar-refractivity contribution is 5.88. The van der Waals surface area contributed by atoms with E-state index in [0.29, 0.717) is 6.04 Å². The lowest BCUT2D eigenvalue weighted by Gasteiger charge is -2.33. The maximum atomic E-state index is 3.85. The van der Waals surface area contributed by atoms with Gasteiger partial charge in [0.15, 0.2) is 0 Å². The monoisotopic (exact) mass is 367 g/mol. The first-order chi connectivity index (χ1) is 13.6. The zero-order chi connectivity index (χ0) is 18.9. The summed E-state index contributed by atoms with van der Waals surface area (Å²) in [4.78, 5) is 0. The average molecular weight is 368 g/mol. The highest BCUT2D eigenvalue weighted by Gasteiger charge is 2.44. The number of rotatable bonds is 0. The highest BCUT2D eigenvalue weighted by atomic mass is 15.0. The molecule has 1 N–H and O–H groups in total. The molecule has 1 aromatic carbocycles. The van der Waals surface area contributed by atoms with E-state index in [2.05, 4.69) is 73.8 Å². The topological polar surface area (TPSA) is 12.0 Å². The van der Waals surface area contributed by atoms with Gasteiger partial charge >= 0.3 is 0 Å². The van der Waals surface area contributed by atoms with E-state index in [4.69, 9.17) is 0 Å². The molecule has 0 saturated heterocycles. The van der Waals surface area contributed by atoms with Crippen LogP contribution in [0.1, 0.15) is 51.5 Å². The second-order valence-electron chi connectivity index (χ2n) is 9.74. The van der Waals surface area contributed by atoms with Crippen LogP contribution in [0.5, 0.6) is 0 Å². The van der Waals surface area contributed by atoms with Crippen LogP contribution in [-0.4, -0.2) is 6.04 Å². The van der Waals surface area contributed by atoms with Crippen LogP contribution < -0.4 is 5.32 Å². The standard InChI is InChI=1S/C27H29N/c1-27(2)19-7-5-6-17(10-12-19)14-26-23(20-8-3-4-9-25(20)28-26)16-22-21-15-18(21)11-13-24(22)27/h3-4,6,8-9,11-13,16,18,21,26,28H,5,7,10,14-15H2,1-2H3/b23-16+. The summed E-state index contributed by atoms with van der Waals surface area (Å²) in [5, 5.41) is 3.85. The highest BCUT2D eigenvalue weighted by Crippen LogP contribution is 2.56. The first kappa shape index (κ1) is 16.7. The van der Waals surface area contributed by atoms with E-state index >= 15 is 0 Å². The Kier molecular flexibility index (Phi) is 3.49. The van der Waals surface area contributed by atoms with Crippen LogP contribution in [0, 0.1) is 17.3 Å². The van der Waals surface area contributed by atoms with Gasteiger partial charge in [-0.1, -0.05) is 73.6 Å². The SMILES string of the molecule is CC1(C)C2=CCC(=CCC2)CC2Nc3ccccc3/C2=C\C2=C1C=CC1CC21. The summed E-state index contributed by atoms with van der Waals surface area (Å²) >= 11 is 0. The number of benzene rings is 1. The van der Waals surface area contributed by atoms with Gasteiger partial charge in [-0.25, -0.2) is 0 Å². The molecule has 0 spiro atoms. The van der Waals surface area contributed by atoms with Crippen LogP contribution in [-0.2, 0) is 0 Å². The lowest BCUT2D eigenvalue weighted by Crippen LogP contribution is -2.21. The third-order valence-electron chi connectivity index (χ3n) is 7.71. The second-order valence-corrected chi connectivity index (χ2v) is 9.74. The molecular formula is C27H29N. The van der Waals surface area contributed by atoms with E-state index in [9.17, 15) is 0 Å². The van der Waals surface area contributed by atoms with Gasteiger partial charge in [0.25, 0.3) is 0 Å². The van der Waals surface area contributed by atoms with E-state index in [1.54, 1.807) is 22.3 Å². The largest absolute Gasteiger partial charge is 0.377 e. The van der Waals surface area contributed by atoms with Crippen molar-refractivity contribution in [2.45, 2.75) is 52.0 Å². The normalized spacial score (nSPS) is 33.6. The molecule has 4 aliphatic carbocycles. The van der Waals surface area contributed by atoms with Crippen molar-refractivity contribution in [3.8, 4) is 0 Å². The Morgan fingerprint density at radius 1 is 1.11 bits per heavy atom. The Bertz CT molecular complexity index is 1010. The van der Waals surface area contributed by atoms with Gasteiger partial charge in [0, 0.05) is 16.7 Å². The molecular weight excluding hydrogens is 338 g/mol. The van der Waals surface area contributed by atoms with Crippen LogP contribution in [0.25, 0.3) is 5.57 Å². The van der Waals surface area contributed by atoms with Crippen molar-refractivity contribution >= 4 is 11.3 Å². The summed E-state index contributed by atoms with van der Waals surface area (Å²) < 4.78 is 0. The van der Waals surface area contributed by atoms with Crippen molar-refractivity contribution in [3.63, 3.8) is 0 Å². The average Bonchev–Trinajstić information content (AvgIpc) is 3.44. The van der Waals surface area contributed by atoms with Crippen LogP contribution in [0.3, 0.4) is 0 Å². The van der Waals surface area contributed by atoms with E-state index in [1.165, 1.54) is 36.1 Å². The minimum Gasteiger partial charge on any atom is -0.377 e. The fourth-order valence-corrected chi connectivity index (χ4v) is 5.92. The molecule has 1 saturated carbocycles. The maximum absolute atomic E-state index is 3.85. The van der Waals surface area contributed by atoms with Crippen LogP contribution in [0.2, 0.25) is 0 Å². The van der Waals surface area contributed by atoms with Crippen LogP contribution in [0.4, 0.5) is 5.69 Å². The first-order valence-corrected chi connectivity index (χ1v) is 11.0. The molecule has 5 aliphatic rings. The predicted octanol–water partition coefficient (Wildman–Crippen LogP) is 6.83. The van der Waals surface area contributed by atoms with Crippen molar-refractivity contribution < 1.29 is 0 Å². The number of nitrogens with one attached hydrogen (secondary N) is 1. The molecule has 2 bridgehead atoms. The maximum Gasteiger partial charge on any atom is 0.0558 e. The molecule has 1 nitrogen and oxygen atoms in total. The Balaban J connectivity index is 1.60. The Morgan fingerprint density at radius 3 is 2.93 bits per heavy atom. The molecule has 142 valence electrons. The molecule has 1 aliphatic heterocycles. The number of hydrogen-bond acceptors (Lipinski definition) is 1. The number of fused-ring (bicyclic) bond motifs is 7. The van der Waals surface area contributed by atoms with E-state index in [1.807, 2.05) is 0 Å². The van der Waals surface area contributed by atoms with Gasteiger partial charge in [0.2, 0.25) is 0 Å². The number of hydrogen-bond donors (Lipinski definition) is 1. The van der Waals surface area contributed by atoms with Crippen molar-refractivity contribution in [1.82, 2.24) is 0 Å². The molecule has 0 amide bonds. The fraction of sp³-hybridized carbons (Fsp3) is 0.407. The van der Waals surface area contributed by atoms with Crippen molar-refractivity contribution in [2.75, 3.05) is 5.32 Å². The molecule has 3 unspecified atom stereocenters. The fourth-order valence-electron chi connectivity index (χ4n) is 5.92. The molecule has 1 aromatic rings. The molecule has 1 fully saturated rings. The predicted molar refractivity (Wildman–Crippen MR) is 118 cm³/mol. The van der Waals surface area contributed by atoms with Crippen molar-refractivity contribution in [1.29, 1.82) is 0 Å². The molecule has 3 atom stereocenters. The lowest BCUT2D eigenvalue weighted by molar-refractivity contribution is 0.517. The van der Waals surface area contributed by atoms with Gasteiger partial charge in [0.05, 0.1) is 6.04 Å². The van der Waals surface area contributed by atoms with Crippen LogP contribution >= 0.6 is 0 Å². The summed E-state index contributed by atoms with van der Waals surface area (Å²) in [6.07, 6.45) is 18.6. The third kappa shape index (κ3) is 2.45. The van der Waals surface area contributed by atoms with E-state index in [-0.39, 0.29) is 5.41 Å². The minimum absolute atomic E-state index is 0.116. The Morgan fingerprint density at radius 2 is 2.00 bits per heavy atom. The van der Waals surface area contributed by atoms with Gasteiger partial charge in [-0.3, -0.25) is 0 Å². The zero-order valence-electron chi connectivity index (χ0n) is 17.0. The zero-order valence-corrected chi connectivity index (χ0v) is 17.0. The summed E-state index contributed by atoms with van der Waals surface area (Å²) in [6, 6.07) is 9.30. The number of anilines is 1. The smallest absolute Gasteiger partial charge is 0.0558 e. The summed E-state index contributed by atoms with van der Waals surface area (Å²) in [5.41, 5.74) is 10.8. The molecule has 0 aromatic heterocycles.